The van der Waals surface area contributed by atoms with Gasteiger partial charge in [0.15, 0.2) is 0 Å². The molecule has 18 heavy (non-hydrogen) atoms. The summed E-state index contributed by atoms with van der Waals surface area (Å²) < 4.78 is 4.87. The van der Waals surface area contributed by atoms with E-state index < -0.39 is 5.54 Å². The van der Waals surface area contributed by atoms with Crippen LogP contribution in [-0.2, 0) is 4.79 Å². The van der Waals surface area contributed by atoms with E-state index in [9.17, 15) is 9.59 Å². The molecule has 1 atom stereocenters. The molecule has 1 fully saturated rings. The molecule has 1 saturated heterocycles. The molecule has 0 saturated carbocycles. The SMILES string of the molecule is CCNC(=O)C1(C)CCCN1C(=O)c1ccno1. The van der Waals surface area contributed by atoms with Gasteiger partial charge >= 0.3 is 0 Å². The summed E-state index contributed by atoms with van der Waals surface area (Å²) in [5, 5.41) is 6.30. The first kappa shape index (κ1) is 12.6. The van der Waals surface area contributed by atoms with E-state index in [-0.39, 0.29) is 17.6 Å². The Morgan fingerprint density at radius 1 is 1.61 bits per heavy atom. The normalized spacial score (nSPS) is 23.1. The number of amides is 2. The summed E-state index contributed by atoms with van der Waals surface area (Å²) in [7, 11) is 0. The number of carbonyl (C=O) groups excluding carboxylic acids is 2. The van der Waals surface area contributed by atoms with Crippen molar-refractivity contribution in [2.24, 2.45) is 0 Å². The quantitative estimate of drug-likeness (QED) is 0.862. The van der Waals surface area contributed by atoms with E-state index in [1.807, 2.05) is 6.92 Å². The van der Waals surface area contributed by atoms with Gasteiger partial charge in [-0.05, 0) is 26.7 Å². The van der Waals surface area contributed by atoms with E-state index in [1.165, 1.54) is 12.3 Å². The molecular formula is C12H17N3O3. The van der Waals surface area contributed by atoms with Crippen LogP contribution in [0.25, 0.3) is 0 Å². The van der Waals surface area contributed by atoms with Gasteiger partial charge in [0, 0.05) is 19.2 Å². The van der Waals surface area contributed by atoms with Crippen LogP contribution in [0.5, 0.6) is 0 Å². The van der Waals surface area contributed by atoms with E-state index in [4.69, 9.17) is 4.52 Å². The van der Waals surface area contributed by atoms with Crippen molar-refractivity contribution in [2.45, 2.75) is 32.2 Å². The molecule has 1 aliphatic heterocycles. The predicted molar refractivity (Wildman–Crippen MR) is 63.9 cm³/mol. The fraction of sp³-hybridized carbons (Fsp3) is 0.583. The molecule has 6 nitrogen and oxygen atoms in total. The molecule has 1 aliphatic rings. The molecule has 0 bridgehead atoms. The maximum absolute atomic E-state index is 12.2. The highest BCUT2D eigenvalue weighted by atomic mass is 16.5. The van der Waals surface area contributed by atoms with Crippen molar-refractivity contribution >= 4 is 11.8 Å². The van der Waals surface area contributed by atoms with Crippen molar-refractivity contribution in [2.75, 3.05) is 13.1 Å². The van der Waals surface area contributed by atoms with Crippen LogP contribution in [0.2, 0.25) is 0 Å². The number of likely N-dealkylation sites (tertiary alicyclic amines) is 1. The van der Waals surface area contributed by atoms with Gasteiger partial charge in [-0.2, -0.15) is 0 Å². The second kappa shape index (κ2) is 4.80. The molecule has 0 spiro atoms. The summed E-state index contributed by atoms with van der Waals surface area (Å²) in [6.07, 6.45) is 2.90. The van der Waals surface area contributed by atoms with Crippen molar-refractivity contribution in [3.8, 4) is 0 Å². The number of hydrogen-bond donors (Lipinski definition) is 1. The first-order chi connectivity index (χ1) is 8.59. The first-order valence-corrected chi connectivity index (χ1v) is 6.10. The smallest absolute Gasteiger partial charge is 0.293 e. The van der Waals surface area contributed by atoms with Crippen molar-refractivity contribution < 1.29 is 14.1 Å². The van der Waals surface area contributed by atoms with Gasteiger partial charge < -0.3 is 14.7 Å². The number of carbonyl (C=O) groups is 2. The fourth-order valence-electron chi connectivity index (χ4n) is 2.33. The Kier molecular flexibility index (Phi) is 3.36. The third-order valence-corrected chi connectivity index (χ3v) is 3.36. The molecule has 0 radical (unpaired) electrons. The summed E-state index contributed by atoms with van der Waals surface area (Å²) in [6, 6.07) is 1.51. The number of hydrogen-bond acceptors (Lipinski definition) is 4. The fourth-order valence-corrected chi connectivity index (χ4v) is 2.33. The van der Waals surface area contributed by atoms with Gasteiger partial charge in [0.25, 0.3) is 5.91 Å². The van der Waals surface area contributed by atoms with Gasteiger partial charge in [-0.1, -0.05) is 5.16 Å². The Labute approximate surface area is 105 Å². The second-order valence-corrected chi connectivity index (χ2v) is 4.57. The van der Waals surface area contributed by atoms with E-state index >= 15 is 0 Å². The van der Waals surface area contributed by atoms with Crippen LogP contribution in [0, 0.1) is 0 Å². The summed E-state index contributed by atoms with van der Waals surface area (Å²) in [6.45, 7) is 4.77. The van der Waals surface area contributed by atoms with Crippen molar-refractivity contribution in [3.63, 3.8) is 0 Å². The summed E-state index contributed by atoms with van der Waals surface area (Å²) in [5.41, 5.74) is -0.792. The molecular weight excluding hydrogens is 234 g/mol. The lowest BCUT2D eigenvalue weighted by molar-refractivity contribution is -0.129. The predicted octanol–water partition coefficient (Wildman–Crippen LogP) is 0.805. The minimum atomic E-state index is -0.792. The van der Waals surface area contributed by atoms with Gasteiger partial charge in [0.2, 0.25) is 11.7 Å². The molecule has 98 valence electrons. The largest absolute Gasteiger partial charge is 0.354 e. The van der Waals surface area contributed by atoms with E-state index in [0.29, 0.717) is 19.5 Å². The van der Waals surface area contributed by atoms with Gasteiger partial charge in [-0.3, -0.25) is 9.59 Å². The Hall–Kier alpha value is -1.85. The molecule has 1 aromatic rings. The molecule has 2 rings (SSSR count). The van der Waals surface area contributed by atoms with Crippen LogP contribution >= 0.6 is 0 Å². The lowest BCUT2D eigenvalue weighted by Crippen LogP contribution is -2.55. The minimum absolute atomic E-state index is 0.115. The molecule has 0 aliphatic carbocycles. The number of rotatable bonds is 3. The van der Waals surface area contributed by atoms with Crippen LogP contribution in [0.1, 0.15) is 37.2 Å². The zero-order valence-electron chi connectivity index (χ0n) is 10.6. The van der Waals surface area contributed by atoms with Crippen LogP contribution in [0.4, 0.5) is 0 Å². The van der Waals surface area contributed by atoms with Gasteiger partial charge in [0.1, 0.15) is 5.54 Å². The van der Waals surface area contributed by atoms with Crippen molar-refractivity contribution in [1.82, 2.24) is 15.4 Å². The zero-order valence-corrected chi connectivity index (χ0v) is 10.6. The maximum atomic E-state index is 12.2. The highest BCUT2D eigenvalue weighted by Gasteiger charge is 2.46. The van der Waals surface area contributed by atoms with E-state index in [1.54, 1.807) is 11.8 Å². The molecule has 0 aromatic carbocycles. The Bertz CT molecular complexity index is 443. The number of likely N-dealkylation sites (N-methyl/N-ethyl adjacent to an activating group) is 1. The number of nitrogens with one attached hydrogen (secondary N) is 1. The summed E-state index contributed by atoms with van der Waals surface area (Å²) in [4.78, 5) is 25.9. The van der Waals surface area contributed by atoms with Gasteiger partial charge in [0.05, 0.1) is 6.20 Å². The second-order valence-electron chi connectivity index (χ2n) is 4.57. The van der Waals surface area contributed by atoms with Crippen molar-refractivity contribution in [1.29, 1.82) is 0 Å². The average Bonchev–Trinajstić information content (AvgIpc) is 2.98. The highest BCUT2D eigenvalue weighted by Crippen LogP contribution is 2.30. The highest BCUT2D eigenvalue weighted by molar-refractivity contribution is 5.97. The lowest BCUT2D eigenvalue weighted by atomic mass is 9.97. The van der Waals surface area contributed by atoms with Crippen LogP contribution < -0.4 is 5.32 Å². The Balaban J connectivity index is 2.22. The monoisotopic (exact) mass is 251 g/mol. The first-order valence-electron chi connectivity index (χ1n) is 6.10. The van der Waals surface area contributed by atoms with Crippen LogP contribution in [-0.4, -0.2) is 40.5 Å². The van der Waals surface area contributed by atoms with Crippen molar-refractivity contribution in [3.05, 3.63) is 18.0 Å². The average molecular weight is 251 g/mol. The number of aromatic nitrogens is 1. The topological polar surface area (TPSA) is 75.4 Å². The zero-order chi connectivity index (χ0) is 13.2. The van der Waals surface area contributed by atoms with Gasteiger partial charge in [-0.25, -0.2) is 0 Å². The summed E-state index contributed by atoms with van der Waals surface area (Å²) in [5.74, 6) is -0.221. The third-order valence-electron chi connectivity index (χ3n) is 3.36. The summed E-state index contributed by atoms with van der Waals surface area (Å²) >= 11 is 0. The molecule has 2 heterocycles. The Morgan fingerprint density at radius 2 is 2.39 bits per heavy atom. The minimum Gasteiger partial charge on any atom is -0.354 e. The van der Waals surface area contributed by atoms with E-state index in [0.717, 1.165) is 6.42 Å². The van der Waals surface area contributed by atoms with Crippen LogP contribution in [0.3, 0.4) is 0 Å². The molecule has 1 N–H and O–H groups in total. The molecule has 1 aromatic heterocycles. The molecule has 1 unspecified atom stereocenters. The standard InChI is InChI=1S/C12H17N3O3/c1-3-13-11(17)12(2)6-4-8-15(12)10(16)9-5-7-14-18-9/h5,7H,3-4,6,8H2,1-2H3,(H,13,17). The Morgan fingerprint density at radius 3 is 3.00 bits per heavy atom. The lowest BCUT2D eigenvalue weighted by Gasteiger charge is -2.33. The third kappa shape index (κ3) is 1.98. The van der Waals surface area contributed by atoms with E-state index in [2.05, 4.69) is 10.5 Å². The molecule has 2 amide bonds. The van der Waals surface area contributed by atoms with Gasteiger partial charge in [-0.15, -0.1) is 0 Å². The van der Waals surface area contributed by atoms with Crippen LogP contribution in [0.15, 0.2) is 16.8 Å². The molecule has 6 heteroatoms. The maximum Gasteiger partial charge on any atom is 0.293 e. The number of nitrogens with zero attached hydrogens (tertiary/aromatic N) is 2.